The molecule has 1 aromatic carbocycles. The summed E-state index contributed by atoms with van der Waals surface area (Å²) in [5, 5.41) is 0. The van der Waals surface area contributed by atoms with Crippen LogP contribution in [0.1, 0.15) is 35.3 Å². The quantitative estimate of drug-likeness (QED) is 0.668. The number of anilines is 3. The van der Waals surface area contributed by atoms with E-state index in [1.807, 2.05) is 72.6 Å². The number of nitrogens with zero attached hydrogens (tertiary/aromatic N) is 5. The van der Waals surface area contributed by atoms with Gasteiger partial charge in [0.2, 0.25) is 5.91 Å². The molecule has 0 aliphatic carbocycles. The molecule has 0 radical (unpaired) electrons. The highest BCUT2D eigenvalue weighted by atomic mass is 32.2. The van der Waals surface area contributed by atoms with Gasteiger partial charge in [-0.15, -0.1) is 11.8 Å². The minimum Gasteiger partial charge on any atom is -0.346 e. The Kier molecular flexibility index (Phi) is 5.04. The van der Waals surface area contributed by atoms with Gasteiger partial charge in [-0.1, -0.05) is 18.2 Å². The third-order valence-corrected chi connectivity index (χ3v) is 7.42. The Morgan fingerprint density at radius 2 is 1.94 bits per heavy atom. The van der Waals surface area contributed by atoms with Gasteiger partial charge in [0.15, 0.2) is 5.82 Å². The third-order valence-electron chi connectivity index (χ3n) is 6.64. The number of fused-ring (bicyclic) bond motifs is 2. The Morgan fingerprint density at radius 3 is 2.66 bits per heavy atom. The maximum absolute atomic E-state index is 13.8. The maximum Gasteiger partial charge on any atom is 0.261 e. The van der Waals surface area contributed by atoms with Crippen LogP contribution in [0.15, 0.2) is 52.5 Å². The predicted molar refractivity (Wildman–Crippen MR) is 129 cm³/mol. The van der Waals surface area contributed by atoms with Gasteiger partial charge < -0.3 is 9.80 Å². The van der Waals surface area contributed by atoms with E-state index in [4.69, 9.17) is 4.98 Å². The number of aliphatic imine (C=N–C) groups is 1. The largest absolute Gasteiger partial charge is 0.346 e. The van der Waals surface area contributed by atoms with E-state index >= 15 is 0 Å². The molecular formula is C24H25N5O2S. The van der Waals surface area contributed by atoms with Gasteiger partial charge >= 0.3 is 0 Å². The molecule has 0 spiro atoms. The number of pyridine rings is 1. The smallest absolute Gasteiger partial charge is 0.261 e. The van der Waals surface area contributed by atoms with Crippen LogP contribution < -0.4 is 14.7 Å². The first-order valence-electron chi connectivity index (χ1n) is 10.6. The summed E-state index contributed by atoms with van der Waals surface area (Å²) in [7, 11) is 3.63. The van der Waals surface area contributed by atoms with Gasteiger partial charge in [-0.25, -0.2) is 4.98 Å². The molecule has 8 heteroatoms. The van der Waals surface area contributed by atoms with Crippen molar-refractivity contribution in [2.45, 2.75) is 30.3 Å². The van der Waals surface area contributed by atoms with E-state index in [-0.39, 0.29) is 29.8 Å². The van der Waals surface area contributed by atoms with Gasteiger partial charge in [0.25, 0.3) is 5.91 Å². The number of benzene rings is 1. The molecule has 2 amide bonds. The summed E-state index contributed by atoms with van der Waals surface area (Å²) >= 11 is 1.58. The number of rotatable bonds is 3. The summed E-state index contributed by atoms with van der Waals surface area (Å²) in [6.45, 7) is 1.87. The zero-order valence-corrected chi connectivity index (χ0v) is 19.3. The first kappa shape index (κ1) is 20.8. The zero-order chi connectivity index (χ0) is 22.6. The van der Waals surface area contributed by atoms with Crippen molar-refractivity contribution in [2.75, 3.05) is 35.1 Å². The third kappa shape index (κ3) is 2.97. The van der Waals surface area contributed by atoms with E-state index < -0.39 is 0 Å². The normalized spacial score (nSPS) is 24.2. The number of aromatic nitrogens is 1. The molecule has 1 aromatic heterocycles. The minimum absolute atomic E-state index is 0.0203. The highest BCUT2D eigenvalue weighted by Crippen LogP contribution is 2.46. The predicted octanol–water partition coefficient (Wildman–Crippen LogP) is 3.91. The van der Waals surface area contributed by atoms with Crippen LogP contribution >= 0.6 is 11.8 Å². The first-order valence-corrected chi connectivity index (χ1v) is 11.9. The molecule has 2 aromatic rings. The van der Waals surface area contributed by atoms with Crippen molar-refractivity contribution in [3.63, 3.8) is 0 Å². The molecule has 5 rings (SSSR count). The lowest BCUT2D eigenvalue weighted by molar-refractivity contribution is -0.119. The SMILES string of the molecule is CSc1cccc2c1C(=O)N(c1ccc3c(n1)N(C)[C@H](C)C(=O)N3C)C2C1C=NC=CC1. The number of allylic oxidation sites excluding steroid dienone is 1. The van der Waals surface area contributed by atoms with Crippen LogP contribution in [0.2, 0.25) is 0 Å². The molecule has 3 aliphatic rings. The number of carbonyl (C=O) groups is 2. The second-order valence-electron chi connectivity index (χ2n) is 8.32. The van der Waals surface area contributed by atoms with Crippen LogP contribution in [0.5, 0.6) is 0 Å². The fraction of sp³-hybridized carbons (Fsp3) is 0.333. The monoisotopic (exact) mass is 447 g/mol. The summed E-state index contributed by atoms with van der Waals surface area (Å²) in [6.07, 6.45) is 8.58. The van der Waals surface area contributed by atoms with Crippen LogP contribution in [0.3, 0.4) is 0 Å². The highest BCUT2D eigenvalue weighted by molar-refractivity contribution is 7.98. The molecule has 3 atom stereocenters. The number of amides is 2. The van der Waals surface area contributed by atoms with Gasteiger partial charge in [0, 0.05) is 37.3 Å². The van der Waals surface area contributed by atoms with Crippen LogP contribution in [-0.2, 0) is 4.79 Å². The van der Waals surface area contributed by atoms with E-state index in [9.17, 15) is 9.59 Å². The van der Waals surface area contributed by atoms with Gasteiger partial charge in [-0.2, -0.15) is 0 Å². The van der Waals surface area contributed by atoms with Crippen LogP contribution in [0.4, 0.5) is 17.3 Å². The van der Waals surface area contributed by atoms with Crippen LogP contribution in [-0.4, -0.2) is 49.4 Å². The molecular weight excluding hydrogens is 422 g/mol. The number of hydrogen-bond donors (Lipinski definition) is 0. The van der Waals surface area contributed by atoms with E-state index in [1.165, 1.54) is 0 Å². The van der Waals surface area contributed by atoms with Crippen molar-refractivity contribution in [1.82, 2.24) is 4.98 Å². The second-order valence-corrected chi connectivity index (χ2v) is 9.17. The Balaban J connectivity index is 1.65. The standard InChI is InChI=1S/C24H25N5O2S/c1-14-23(30)28(3)17-10-11-19(26-22(17)27(14)2)29-21(15-7-6-12-25-13-15)16-8-5-9-18(32-4)20(16)24(29)31/h5-6,8-15,21H,7H2,1-4H3/t14-,15?,21?/m1/s1. The van der Waals surface area contributed by atoms with Crippen molar-refractivity contribution in [2.24, 2.45) is 10.9 Å². The molecule has 2 unspecified atom stereocenters. The second kappa shape index (κ2) is 7.78. The minimum atomic E-state index is -0.323. The Bertz CT molecular complexity index is 1180. The molecule has 0 bridgehead atoms. The summed E-state index contributed by atoms with van der Waals surface area (Å²) in [6, 6.07) is 9.27. The lowest BCUT2D eigenvalue weighted by Gasteiger charge is -2.38. The average Bonchev–Trinajstić information content (AvgIpc) is 3.14. The zero-order valence-electron chi connectivity index (χ0n) is 18.5. The van der Waals surface area contributed by atoms with E-state index in [1.54, 1.807) is 29.9 Å². The van der Waals surface area contributed by atoms with E-state index in [0.717, 1.165) is 28.1 Å². The highest BCUT2D eigenvalue weighted by Gasteiger charge is 2.44. The molecule has 3 aliphatic heterocycles. The number of thioether (sulfide) groups is 1. The number of likely N-dealkylation sites (N-methyl/N-ethyl adjacent to an activating group) is 2. The van der Waals surface area contributed by atoms with Crippen molar-refractivity contribution in [3.8, 4) is 0 Å². The molecule has 0 N–H and O–H groups in total. The van der Waals surface area contributed by atoms with Gasteiger partial charge in [-0.3, -0.25) is 19.5 Å². The fourth-order valence-corrected chi connectivity index (χ4v) is 5.42. The van der Waals surface area contributed by atoms with Gasteiger partial charge in [-0.05, 0) is 43.4 Å². The average molecular weight is 448 g/mol. The van der Waals surface area contributed by atoms with E-state index in [2.05, 4.69) is 4.99 Å². The van der Waals surface area contributed by atoms with Crippen molar-refractivity contribution in [3.05, 3.63) is 53.7 Å². The molecule has 7 nitrogen and oxygen atoms in total. The number of hydrogen-bond acceptors (Lipinski definition) is 6. The molecule has 164 valence electrons. The lowest BCUT2D eigenvalue weighted by Crippen LogP contribution is -2.49. The van der Waals surface area contributed by atoms with Crippen molar-refractivity contribution >= 4 is 47.1 Å². The summed E-state index contributed by atoms with van der Waals surface area (Å²) in [5.41, 5.74) is 2.51. The van der Waals surface area contributed by atoms with Crippen molar-refractivity contribution < 1.29 is 9.59 Å². The molecule has 0 saturated carbocycles. The Morgan fingerprint density at radius 1 is 1.12 bits per heavy atom. The Labute approximate surface area is 191 Å². The topological polar surface area (TPSA) is 69.1 Å². The van der Waals surface area contributed by atoms with Crippen LogP contribution in [0.25, 0.3) is 0 Å². The maximum atomic E-state index is 13.8. The van der Waals surface area contributed by atoms with Gasteiger partial charge in [0.1, 0.15) is 11.9 Å². The first-order chi connectivity index (χ1) is 15.4. The van der Waals surface area contributed by atoms with Crippen molar-refractivity contribution in [1.29, 1.82) is 0 Å². The molecule has 0 fully saturated rings. The Hall–Kier alpha value is -3.13. The van der Waals surface area contributed by atoms with E-state index in [0.29, 0.717) is 11.6 Å². The summed E-state index contributed by atoms with van der Waals surface area (Å²) in [4.78, 5) is 41.9. The number of carbonyl (C=O) groups excluding carboxylic acids is 2. The lowest BCUT2D eigenvalue weighted by atomic mass is 9.90. The molecule has 0 saturated heterocycles. The molecule has 4 heterocycles. The fourth-order valence-electron chi connectivity index (χ4n) is 4.79. The molecule has 32 heavy (non-hydrogen) atoms. The summed E-state index contributed by atoms with van der Waals surface area (Å²) in [5.74, 6) is 1.32. The van der Waals surface area contributed by atoms with Gasteiger partial charge in [0.05, 0.1) is 17.3 Å². The van der Waals surface area contributed by atoms with Crippen LogP contribution in [0, 0.1) is 5.92 Å². The summed E-state index contributed by atoms with van der Waals surface area (Å²) < 4.78 is 0.